The minimum Gasteiger partial charge on any atom is -0.478 e. The average molecular weight is 745 g/mol. The average Bonchev–Trinajstić information content (AvgIpc) is 3.08. The summed E-state index contributed by atoms with van der Waals surface area (Å²) < 4.78 is 57.2. The van der Waals surface area contributed by atoms with Crippen molar-refractivity contribution in [2.24, 2.45) is 0 Å². The smallest absolute Gasteiger partial charge is 0.337 e. The standard InChI is InChI=1S/C35H25ClN4O9S2/c36-32-13-10-28(19-31(32)34(43)44)40-51(48,49)30-12-7-21-5-9-26(16-24(21)18-30)38-35(45)37-25-8-4-20-6-11-29(17-23(20)15-25)50(46,47)39-27-3-1-2-22(14-27)33(41)42/h1-19,39-40H,(H,41,42)(H,43,44)(H2,37,38,45). The van der Waals surface area contributed by atoms with Gasteiger partial charge in [-0.1, -0.05) is 41.9 Å². The predicted molar refractivity (Wildman–Crippen MR) is 194 cm³/mol. The van der Waals surface area contributed by atoms with Crippen LogP contribution in [0.25, 0.3) is 21.5 Å². The third-order valence-electron chi connectivity index (χ3n) is 7.57. The van der Waals surface area contributed by atoms with Gasteiger partial charge in [-0.25, -0.2) is 31.2 Å². The summed E-state index contributed by atoms with van der Waals surface area (Å²) in [6, 6.07) is 27.1. The number of rotatable bonds is 10. The number of benzene rings is 6. The van der Waals surface area contributed by atoms with Crippen LogP contribution in [0.5, 0.6) is 0 Å². The highest BCUT2D eigenvalue weighted by Gasteiger charge is 2.19. The summed E-state index contributed by atoms with van der Waals surface area (Å²) in [4.78, 5) is 35.5. The van der Waals surface area contributed by atoms with E-state index in [0.29, 0.717) is 32.9 Å². The van der Waals surface area contributed by atoms with Crippen LogP contribution in [0.1, 0.15) is 20.7 Å². The summed E-state index contributed by atoms with van der Waals surface area (Å²) in [6.07, 6.45) is 0. The van der Waals surface area contributed by atoms with Crippen molar-refractivity contribution in [2.45, 2.75) is 9.79 Å². The fourth-order valence-corrected chi connectivity index (χ4v) is 7.50. The van der Waals surface area contributed by atoms with E-state index >= 15 is 0 Å². The van der Waals surface area contributed by atoms with Crippen LogP contribution in [0.2, 0.25) is 5.02 Å². The van der Waals surface area contributed by atoms with E-state index in [1.807, 2.05) is 0 Å². The van der Waals surface area contributed by atoms with Gasteiger partial charge in [0.1, 0.15) is 0 Å². The Morgan fingerprint density at radius 3 is 1.51 bits per heavy atom. The first-order chi connectivity index (χ1) is 24.2. The van der Waals surface area contributed by atoms with Crippen molar-refractivity contribution in [1.29, 1.82) is 0 Å². The second-order valence-electron chi connectivity index (χ2n) is 11.1. The molecule has 0 spiro atoms. The molecule has 6 aromatic carbocycles. The predicted octanol–water partition coefficient (Wildman–Crippen LogP) is 7.29. The summed E-state index contributed by atoms with van der Waals surface area (Å²) >= 11 is 5.89. The van der Waals surface area contributed by atoms with Gasteiger partial charge < -0.3 is 20.8 Å². The van der Waals surface area contributed by atoms with Gasteiger partial charge in [0, 0.05) is 22.7 Å². The van der Waals surface area contributed by atoms with E-state index in [4.69, 9.17) is 11.6 Å². The molecular formula is C35H25ClN4O9S2. The second kappa shape index (κ2) is 13.6. The van der Waals surface area contributed by atoms with E-state index in [0.717, 1.165) is 6.07 Å². The lowest BCUT2D eigenvalue weighted by Gasteiger charge is -2.12. The number of anilines is 4. The summed E-state index contributed by atoms with van der Waals surface area (Å²) in [7, 11) is -8.22. The van der Waals surface area contributed by atoms with Gasteiger partial charge in [0.05, 0.1) is 25.9 Å². The number of sulfonamides is 2. The Bertz CT molecular complexity index is 2630. The van der Waals surface area contributed by atoms with Gasteiger partial charge in [-0.05, 0) is 106 Å². The number of nitrogens with one attached hydrogen (secondary N) is 4. The molecule has 2 amide bonds. The zero-order chi connectivity index (χ0) is 36.5. The van der Waals surface area contributed by atoms with Crippen LogP contribution in [-0.2, 0) is 20.0 Å². The van der Waals surface area contributed by atoms with Gasteiger partial charge in [-0.3, -0.25) is 9.44 Å². The van der Waals surface area contributed by atoms with Gasteiger partial charge in [0.15, 0.2) is 0 Å². The SMILES string of the molecule is O=C(Nc1ccc2ccc(S(=O)(=O)Nc3cccc(C(=O)O)c3)cc2c1)Nc1ccc2ccc(S(=O)(=O)Nc3ccc(Cl)c(C(=O)O)c3)cc2c1. The molecule has 51 heavy (non-hydrogen) atoms. The number of hydrogen-bond donors (Lipinski definition) is 6. The van der Waals surface area contributed by atoms with Gasteiger partial charge >= 0.3 is 18.0 Å². The number of carboxylic acids is 2. The van der Waals surface area contributed by atoms with Crippen LogP contribution >= 0.6 is 11.6 Å². The highest BCUT2D eigenvalue weighted by molar-refractivity contribution is 7.93. The maximum atomic E-state index is 13.1. The molecule has 0 unspecified atom stereocenters. The summed E-state index contributed by atoms with van der Waals surface area (Å²) in [5.74, 6) is -2.51. The minimum atomic E-state index is -4.14. The molecule has 0 heterocycles. The topological polar surface area (TPSA) is 208 Å². The number of carboxylic acid groups (broad SMARTS) is 2. The molecule has 0 fully saturated rings. The van der Waals surface area contributed by atoms with Gasteiger partial charge in [0.2, 0.25) is 0 Å². The molecule has 16 heteroatoms. The first-order valence-electron chi connectivity index (χ1n) is 14.7. The largest absolute Gasteiger partial charge is 0.478 e. The Labute approximate surface area is 295 Å². The van der Waals surface area contributed by atoms with Crippen LogP contribution in [-0.4, -0.2) is 45.0 Å². The molecule has 0 bridgehead atoms. The molecule has 0 aliphatic heterocycles. The van der Waals surface area contributed by atoms with Crippen molar-refractivity contribution < 1.29 is 41.4 Å². The summed E-state index contributed by atoms with van der Waals surface area (Å²) in [5.41, 5.74) is 0.449. The van der Waals surface area contributed by atoms with E-state index in [1.165, 1.54) is 60.7 Å². The Balaban J connectivity index is 1.17. The van der Waals surface area contributed by atoms with Gasteiger partial charge in [-0.15, -0.1) is 0 Å². The maximum Gasteiger partial charge on any atom is 0.337 e. The first kappa shape index (κ1) is 34.7. The molecule has 6 N–H and O–H groups in total. The van der Waals surface area contributed by atoms with Crippen LogP contribution in [0.3, 0.4) is 0 Å². The van der Waals surface area contributed by atoms with Crippen molar-refractivity contribution >= 4 is 93.9 Å². The van der Waals surface area contributed by atoms with Gasteiger partial charge in [0.25, 0.3) is 20.0 Å². The molecular weight excluding hydrogens is 720 g/mol. The molecule has 0 atom stereocenters. The third kappa shape index (κ3) is 7.86. The van der Waals surface area contributed by atoms with Gasteiger partial charge in [-0.2, -0.15) is 0 Å². The number of carbonyl (C=O) groups is 3. The zero-order valence-corrected chi connectivity index (χ0v) is 28.3. The van der Waals surface area contributed by atoms with Crippen molar-refractivity contribution in [3.05, 3.63) is 131 Å². The monoisotopic (exact) mass is 744 g/mol. The fraction of sp³-hybridized carbons (Fsp3) is 0. The van der Waals surface area contributed by atoms with E-state index in [-0.39, 0.29) is 37.3 Å². The molecule has 6 rings (SSSR count). The summed E-state index contributed by atoms with van der Waals surface area (Å²) in [5, 5.41) is 26.2. The number of aromatic carboxylic acids is 2. The number of carbonyl (C=O) groups excluding carboxylic acids is 1. The van der Waals surface area contributed by atoms with E-state index in [9.17, 15) is 41.4 Å². The van der Waals surface area contributed by atoms with Crippen LogP contribution < -0.4 is 20.1 Å². The fourth-order valence-electron chi connectivity index (χ4n) is 5.13. The van der Waals surface area contributed by atoms with E-state index in [2.05, 4.69) is 20.1 Å². The van der Waals surface area contributed by atoms with Crippen molar-refractivity contribution in [3.8, 4) is 0 Å². The van der Waals surface area contributed by atoms with Crippen LogP contribution in [0.4, 0.5) is 27.5 Å². The third-order valence-corrected chi connectivity index (χ3v) is 10.7. The normalized spacial score (nSPS) is 11.5. The van der Waals surface area contributed by atoms with Crippen LogP contribution in [0.15, 0.2) is 125 Å². The highest BCUT2D eigenvalue weighted by atomic mass is 35.5. The molecule has 0 aromatic heterocycles. The second-order valence-corrected chi connectivity index (χ2v) is 14.9. The number of halogens is 1. The lowest BCUT2D eigenvalue weighted by atomic mass is 10.1. The molecule has 0 saturated heterocycles. The Morgan fingerprint density at radius 1 is 0.510 bits per heavy atom. The zero-order valence-electron chi connectivity index (χ0n) is 25.9. The molecule has 0 aliphatic rings. The number of amides is 2. The quantitative estimate of drug-likeness (QED) is 0.0831. The summed E-state index contributed by atoms with van der Waals surface area (Å²) in [6.45, 7) is 0. The number of hydrogen-bond acceptors (Lipinski definition) is 7. The molecule has 6 aromatic rings. The minimum absolute atomic E-state index is 0.00968. The molecule has 0 saturated carbocycles. The highest BCUT2D eigenvalue weighted by Crippen LogP contribution is 2.28. The molecule has 13 nitrogen and oxygen atoms in total. The Morgan fingerprint density at radius 2 is 1.00 bits per heavy atom. The van der Waals surface area contributed by atoms with Crippen molar-refractivity contribution in [2.75, 3.05) is 20.1 Å². The molecule has 0 radical (unpaired) electrons. The first-order valence-corrected chi connectivity index (χ1v) is 18.1. The van der Waals surface area contributed by atoms with Crippen molar-refractivity contribution in [1.82, 2.24) is 0 Å². The molecule has 0 aliphatic carbocycles. The lowest BCUT2D eigenvalue weighted by Crippen LogP contribution is -2.19. The van der Waals surface area contributed by atoms with Crippen LogP contribution in [0, 0.1) is 0 Å². The number of fused-ring (bicyclic) bond motifs is 2. The van der Waals surface area contributed by atoms with E-state index < -0.39 is 38.0 Å². The van der Waals surface area contributed by atoms with Crippen molar-refractivity contribution in [3.63, 3.8) is 0 Å². The maximum absolute atomic E-state index is 13.1. The Kier molecular flexibility index (Phi) is 9.27. The number of urea groups is 1. The molecule has 258 valence electrons. The van der Waals surface area contributed by atoms with E-state index in [1.54, 1.807) is 48.5 Å². The lowest BCUT2D eigenvalue weighted by molar-refractivity contribution is 0.0686. The Hall–Kier alpha value is -6.16.